The fourth-order valence-corrected chi connectivity index (χ4v) is 5.36. The molecule has 2 fully saturated rings. The molecule has 31 heavy (non-hydrogen) atoms. The molecule has 3 N–H and O–H groups in total. The second-order valence-electron chi connectivity index (χ2n) is 8.29. The van der Waals surface area contributed by atoms with Gasteiger partial charge in [-0.05, 0) is 22.3 Å². The van der Waals surface area contributed by atoms with Crippen LogP contribution in [0.25, 0.3) is 11.1 Å². The molecule has 1 amide bonds. The Morgan fingerprint density at radius 2 is 1.58 bits per heavy atom. The molecule has 0 radical (unpaired) electrons. The Bertz CT molecular complexity index is 1090. The molecule has 158 valence electrons. The molecule has 0 spiro atoms. The van der Waals surface area contributed by atoms with Crippen LogP contribution in [0.4, 0.5) is 4.79 Å². The van der Waals surface area contributed by atoms with Crippen molar-refractivity contribution in [2.45, 2.75) is 17.9 Å². The average molecular weight is 421 g/mol. The second kappa shape index (κ2) is 6.66. The van der Waals surface area contributed by atoms with Crippen molar-refractivity contribution in [3.8, 4) is 11.1 Å². The highest BCUT2D eigenvalue weighted by Crippen LogP contribution is 2.60. The molecule has 0 unspecified atom stereocenters. The summed E-state index contributed by atoms with van der Waals surface area (Å²) in [6, 6.07) is 15.6. The van der Waals surface area contributed by atoms with Crippen molar-refractivity contribution < 1.29 is 34.1 Å². The monoisotopic (exact) mass is 421 g/mol. The SMILES string of the molecule is O=C(N[C@@]1(C(=O)O)CC(=O)[C@H]2[C@H](C(=O)O)[C@H]21)OCC1c2ccccc2-c2ccccc21. The van der Waals surface area contributed by atoms with Crippen molar-refractivity contribution in [3.05, 3.63) is 59.7 Å². The first-order valence-corrected chi connectivity index (χ1v) is 9.97. The van der Waals surface area contributed by atoms with E-state index < -0.39 is 53.5 Å². The number of Topliss-reactive ketones (excluding diaryl/α,β-unsaturated/α-hetero) is 1. The standard InChI is InChI=1S/C23H19NO7/c25-16-9-23(21(28)29,19-17(16)18(19)20(26)27)24-22(30)31-10-15-13-7-3-1-5-11(13)12-6-2-4-8-14(12)15/h1-8,15,17-19H,9-10H2,(H,24,30)(H,26,27)(H,28,29)/t17-,18-,19-,23-/m0/s1. The van der Waals surface area contributed by atoms with Crippen molar-refractivity contribution in [1.82, 2.24) is 5.32 Å². The minimum absolute atomic E-state index is 0.0139. The summed E-state index contributed by atoms with van der Waals surface area (Å²) in [5.74, 6) is -6.25. The normalized spacial score (nSPS) is 27.7. The lowest BCUT2D eigenvalue weighted by molar-refractivity contribution is -0.148. The molecular weight excluding hydrogens is 402 g/mol. The van der Waals surface area contributed by atoms with Crippen LogP contribution in [-0.2, 0) is 19.1 Å². The lowest BCUT2D eigenvalue weighted by atomic mass is 9.90. The lowest BCUT2D eigenvalue weighted by Gasteiger charge is -2.27. The van der Waals surface area contributed by atoms with Gasteiger partial charge in [-0.2, -0.15) is 0 Å². The maximum absolute atomic E-state index is 12.6. The number of carboxylic acid groups (broad SMARTS) is 2. The first-order valence-electron chi connectivity index (χ1n) is 9.97. The van der Waals surface area contributed by atoms with Crippen LogP contribution in [0.1, 0.15) is 23.5 Å². The number of ether oxygens (including phenoxy) is 1. The minimum Gasteiger partial charge on any atom is -0.481 e. The summed E-state index contributed by atoms with van der Waals surface area (Å²) in [7, 11) is 0. The van der Waals surface area contributed by atoms with Crippen LogP contribution in [0.5, 0.6) is 0 Å². The number of carboxylic acids is 2. The van der Waals surface area contributed by atoms with Gasteiger partial charge >= 0.3 is 18.0 Å². The molecule has 0 saturated heterocycles. The molecular formula is C23H19NO7. The van der Waals surface area contributed by atoms with E-state index in [9.17, 15) is 29.4 Å². The van der Waals surface area contributed by atoms with E-state index in [-0.39, 0.29) is 12.5 Å². The smallest absolute Gasteiger partial charge is 0.408 e. The summed E-state index contributed by atoms with van der Waals surface area (Å²) in [6.07, 6.45) is -1.42. The summed E-state index contributed by atoms with van der Waals surface area (Å²) in [6.45, 7) is -0.0139. The molecule has 2 aromatic carbocycles. The summed E-state index contributed by atoms with van der Waals surface area (Å²) in [5.41, 5.74) is 2.18. The van der Waals surface area contributed by atoms with E-state index in [1.165, 1.54) is 0 Å². The molecule has 2 aromatic rings. The molecule has 8 nitrogen and oxygen atoms in total. The van der Waals surface area contributed by atoms with E-state index in [1.54, 1.807) is 0 Å². The first kappa shape index (κ1) is 19.3. The molecule has 0 bridgehead atoms. The van der Waals surface area contributed by atoms with Gasteiger partial charge in [-0.1, -0.05) is 48.5 Å². The van der Waals surface area contributed by atoms with Gasteiger partial charge in [0.1, 0.15) is 12.4 Å². The molecule has 4 atom stereocenters. The zero-order valence-corrected chi connectivity index (χ0v) is 16.3. The zero-order chi connectivity index (χ0) is 21.9. The highest BCUT2D eigenvalue weighted by atomic mass is 16.5. The van der Waals surface area contributed by atoms with Crippen molar-refractivity contribution in [1.29, 1.82) is 0 Å². The lowest BCUT2D eigenvalue weighted by Crippen LogP contribution is -2.56. The van der Waals surface area contributed by atoms with Crippen molar-refractivity contribution in [3.63, 3.8) is 0 Å². The van der Waals surface area contributed by atoms with Gasteiger partial charge < -0.3 is 20.3 Å². The Morgan fingerprint density at radius 3 is 2.10 bits per heavy atom. The van der Waals surface area contributed by atoms with Gasteiger partial charge in [-0.3, -0.25) is 9.59 Å². The van der Waals surface area contributed by atoms with Crippen LogP contribution in [0.2, 0.25) is 0 Å². The first-order chi connectivity index (χ1) is 14.8. The van der Waals surface area contributed by atoms with Gasteiger partial charge in [0.05, 0.1) is 5.92 Å². The highest BCUT2D eigenvalue weighted by Gasteiger charge is 2.76. The predicted octanol–water partition coefficient (Wildman–Crippen LogP) is 2.27. The molecule has 3 aliphatic rings. The summed E-state index contributed by atoms with van der Waals surface area (Å²) >= 11 is 0. The number of rotatable bonds is 5. The van der Waals surface area contributed by atoms with E-state index in [0.29, 0.717) is 0 Å². The largest absolute Gasteiger partial charge is 0.481 e. The molecule has 5 rings (SSSR count). The van der Waals surface area contributed by atoms with E-state index >= 15 is 0 Å². The molecule has 0 aromatic heterocycles. The molecule has 3 aliphatic carbocycles. The maximum atomic E-state index is 12.6. The topological polar surface area (TPSA) is 130 Å². The highest BCUT2D eigenvalue weighted by molar-refractivity contribution is 6.04. The number of hydrogen-bond acceptors (Lipinski definition) is 5. The van der Waals surface area contributed by atoms with Crippen LogP contribution >= 0.6 is 0 Å². The fourth-order valence-electron chi connectivity index (χ4n) is 5.36. The van der Waals surface area contributed by atoms with Crippen molar-refractivity contribution in [2.75, 3.05) is 6.61 Å². The quantitative estimate of drug-likeness (QED) is 0.675. The Morgan fingerprint density at radius 1 is 1.00 bits per heavy atom. The van der Waals surface area contributed by atoms with Crippen molar-refractivity contribution in [2.24, 2.45) is 17.8 Å². The van der Waals surface area contributed by atoms with Crippen LogP contribution in [0, 0.1) is 17.8 Å². The minimum atomic E-state index is -1.95. The number of carbonyl (C=O) groups is 4. The van der Waals surface area contributed by atoms with Crippen LogP contribution < -0.4 is 5.32 Å². The third-order valence-electron chi connectivity index (χ3n) is 6.75. The summed E-state index contributed by atoms with van der Waals surface area (Å²) < 4.78 is 5.40. The number of benzene rings is 2. The number of hydrogen-bond donors (Lipinski definition) is 3. The third-order valence-corrected chi connectivity index (χ3v) is 6.75. The zero-order valence-electron chi connectivity index (χ0n) is 16.3. The van der Waals surface area contributed by atoms with Gasteiger partial charge in [0.2, 0.25) is 0 Å². The van der Waals surface area contributed by atoms with Crippen molar-refractivity contribution >= 4 is 23.8 Å². The van der Waals surface area contributed by atoms with Crippen LogP contribution in [-0.4, -0.2) is 46.2 Å². The number of aliphatic carboxylic acids is 2. The van der Waals surface area contributed by atoms with Gasteiger partial charge in [-0.15, -0.1) is 0 Å². The van der Waals surface area contributed by atoms with Gasteiger partial charge in [-0.25, -0.2) is 9.59 Å². The van der Waals surface area contributed by atoms with E-state index in [1.807, 2.05) is 48.5 Å². The number of amides is 1. The number of carbonyl (C=O) groups excluding carboxylic acids is 2. The number of alkyl carbamates (subject to hydrolysis) is 1. The predicted molar refractivity (Wildman–Crippen MR) is 106 cm³/mol. The van der Waals surface area contributed by atoms with E-state index in [4.69, 9.17) is 4.74 Å². The Hall–Kier alpha value is -3.68. The van der Waals surface area contributed by atoms with Gasteiger partial charge in [0.15, 0.2) is 5.54 Å². The van der Waals surface area contributed by atoms with Crippen LogP contribution in [0.15, 0.2) is 48.5 Å². The maximum Gasteiger partial charge on any atom is 0.408 e. The number of nitrogens with one attached hydrogen (secondary N) is 1. The Labute approximate surface area is 176 Å². The van der Waals surface area contributed by atoms with Gasteiger partial charge in [0, 0.05) is 24.2 Å². The van der Waals surface area contributed by atoms with Crippen LogP contribution in [0.3, 0.4) is 0 Å². The molecule has 2 saturated carbocycles. The Kier molecular flexibility index (Phi) is 4.15. The molecule has 0 aliphatic heterocycles. The number of fused-ring (bicyclic) bond motifs is 4. The third kappa shape index (κ3) is 2.74. The second-order valence-corrected chi connectivity index (χ2v) is 8.29. The molecule has 8 heteroatoms. The summed E-state index contributed by atoms with van der Waals surface area (Å²) in [4.78, 5) is 48.1. The number of ketones is 1. The summed E-state index contributed by atoms with van der Waals surface area (Å²) in [5, 5.41) is 21.3. The average Bonchev–Trinajstić information content (AvgIpc) is 3.35. The fraction of sp³-hybridized carbons (Fsp3) is 0.304. The Balaban J connectivity index is 1.34. The molecule has 0 heterocycles. The van der Waals surface area contributed by atoms with Gasteiger partial charge in [0.25, 0.3) is 0 Å². The van der Waals surface area contributed by atoms with E-state index in [2.05, 4.69) is 5.32 Å². The van der Waals surface area contributed by atoms with E-state index in [0.717, 1.165) is 22.3 Å².